The van der Waals surface area contributed by atoms with Crippen molar-refractivity contribution in [3.8, 4) is 0 Å². The molecule has 0 atom stereocenters. The van der Waals surface area contributed by atoms with Crippen LogP contribution >= 0.6 is 11.3 Å². The van der Waals surface area contributed by atoms with Crippen molar-refractivity contribution in [3.63, 3.8) is 0 Å². The van der Waals surface area contributed by atoms with Gasteiger partial charge in [-0.25, -0.2) is 0 Å². The molecular formula is C17H20N2O3S. The third-order valence-corrected chi connectivity index (χ3v) is 4.17. The minimum atomic E-state index is -0.186. The van der Waals surface area contributed by atoms with Gasteiger partial charge in [-0.2, -0.15) is 0 Å². The SMILES string of the molecule is O=C(CCc1cccs1)Nc1ccc(C(=O)NCCCO)cc1. The van der Waals surface area contributed by atoms with Gasteiger partial charge in [0.15, 0.2) is 0 Å². The number of nitrogens with one attached hydrogen (secondary N) is 2. The minimum Gasteiger partial charge on any atom is -0.396 e. The Kier molecular flexibility index (Phi) is 6.77. The summed E-state index contributed by atoms with van der Waals surface area (Å²) >= 11 is 1.64. The normalized spacial score (nSPS) is 10.3. The van der Waals surface area contributed by atoms with E-state index in [1.54, 1.807) is 35.6 Å². The Balaban J connectivity index is 1.79. The number of hydrogen-bond donors (Lipinski definition) is 3. The van der Waals surface area contributed by atoms with Crippen LogP contribution in [-0.4, -0.2) is 30.1 Å². The summed E-state index contributed by atoms with van der Waals surface area (Å²) in [6.45, 7) is 0.493. The van der Waals surface area contributed by atoms with Crippen molar-refractivity contribution >= 4 is 28.8 Å². The second-order valence-electron chi connectivity index (χ2n) is 5.04. The summed E-state index contributed by atoms with van der Waals surface area (Å²) in [5, 5.41) is 16.2. The van der Waals surface area contributed by atoms with Gasteiger partial charge >= 0.3 is 0 Å². The zero-order valence-electron chi connectivity index (χ0n) is 12.7. The number of rotatable bonds is 8. The maximum absolute atomic E-state index is 11.9. The van der Waals surface area contributed by atoms with Crippen molar-refractivity contribution in [2.45, 2.75) is 19.3 Å². The molecule has 0 radical (unpaired) electrons. The van der Waals surface area contributed by atoms with Gasteiger partial charge in [-0.3, -0.25) is 9.59 Å². The average molecular weight is 332 g/mol. The van der Waals surface area contributed by atoms with Crippen LogP contribution in [0.5, 0.6) is 0 Å². The summed E-state index contributed by atoms with van der Waals surface area (Å²) in [5.41, 5.74) is 1.20. The third-order valence-electron chi connectivity index (χ3n) is 3.23. The van der Waals surface area contributed by atoms with Gasteiger partial charge in [0.05, 0.1) is 0 Å². The molecule has 122 valence electrons. The Morgan fingerprint density at radius 2 is 1.91 bits per heavy atom. The molecule has 1 aromatic heterocycles. The van der Waals surface area contributed by atoms with Crippen LogP contribution in [0.3, 0.4) is 0 Å². The van der Waals surface area contributed by atoms with Crippen molar-refractivity contribution in [1.82, 2.24) is 5.32 Å². The Bertz CT molecular complexity index is 624. The van der Waals surface area contributed by atoms with Gasteiger partial charge in [-0.1, -0.05) is 6.07 Å². The van der Waals surface area contributed by atoms with Crippen LogP contribution in [0.4, 0.5) is 5.69 Å². The molecule has 6 heteroatoms. The molecule has 0 aliphatic carbocycles. The smallest absolute Gasteiger partial charge is 0.251 e. The quantitative estimate of drug-likeness (QED) is 0.650. The number of aryl methyl sites for hydroxylation is 1. The zero-order valence-corrected chi connectivity index (χ0v) is 13.6. The highest BCUT2D eigenvalue weighted by Crippen LogP contribution is 2.13. The summed E-state index contributed by atoms with van der Waals surface area (Å²) in [6.07, 6.45) is 1.70. The topological polar surface area (TPSA) is 78.4 Å². The Morgan fingerprint density at radius 3 is 2.57 bits per heavy atom. The van der Waals surface area contributed by atoms with E-state index in [0.29, 0.717) is 30.6 Å². The molecule has 2 rings (SSSR count). The highest BCUT2D eigenvalue weighted by molar-refractivity contribution is 7.09. The van der Waals surface area contributed by atoms with Crippen LogP contribution in [0, 0.1) is 0 Å². The lowest BCUT2D eigenvalue weighted by Crippen LogP contribution is -2.25. The first-order chi connectivity index (χ1) is 11.2. The predicted octanol–water partition coefficient (Wildman–Crippen LogP) is 2.43. The molecule has 0 unspecified atom stereocenters. The fourth-order valence-electron chi connectivity index (χ4n) is 2.00. The van der Waals surface area contributed by atoms with E-state index in [-0.39, 0.29) is 18.4 Å². The standard InChI is InChI=1S/C17H20N2O3S/c20-11-2-10-18-17(22)13-4-6-14(7-5-13)19-16(21)9-8-15-3-1-12-23-15/h1,3-7,12,20H,2,8-11H2,(H,18,22)(H,19,21). The van der Waals surface area contributed by atoms with Crippen LogP contribution < -0.4 is 10.6 Å². The number of hydrogen-bond acceptors (Lipinski definition) is 4. The first-order valence-corrected chi connectivity index (χ1v) is 8.38. The molecule has 2 aromatic rings. The van der Waals surface area contributed by atoms with E-state index in [2.05, 4.69) is 10.6 Å². The van der Waals surface area contributed by atoms with Crippen molar-refractivity contribution < 1.29 is 14.7 Å². The molecule has 5 nitrogen and oxygen atoms in total. The maximum atomic E-state index is 11.9. The molecule has 0 aliphatic rings. The molecule has 0 bridgehead atoms. The van der Waals surface area contributed by atoms with Gasteiger partial charge in [0.25, 0.3) is 5.91 Å². The number of carbonyl (C=O) groups is 2. The van der Waals surface area contributed by atoms with E-state index in [1.807, 2.05) is 17.5 Å². The van der Waals surface area contributed by atoms with Crippen LogP contribution in [0.25, 0.3) is 0 Å². The largest absolute Gasteiger partial charge is 0.396 e. The van der Waals surface area contributed by atoms with Crippen LogP contribution in [0.15, 0.2) is 41.8 Å². The minimum absolute atomic E-state index is 0.0430. The summed E-state index contributed by atoms with van der Waals surface area (Å²) in [5.74, 6) is -0.229. The van der Waals surface area contributed by atoms with Crippen LogP contribution in [0.2, 0.25) is 0 Å². The molecule has 0 spiro atoms. The fraction of sp³-hybridized carbons (Fsp3) is 0.294. The molecular weight excluding hydrogens is 312 g/mol. The Morgan fingerprint density at radius 1 is 1.13 bits per heavy atom. The van der Waals surface area contributed by atoms with Gasteiger partial charge in [0, 0.05) is 35.7 Å². The van der Waals surface area contributed by atoms with Gasteiger partial charge in [0.2, 0.25) is 5.91 Å². The van der Waals surface area contributed by atoms with Crippen molar-refractivity contribution in [3.05, 3.63) is 52.2 Å². The lowest BCUT2D eigenvalue weighted by molar-refractivity contribution is -0.116. The van der Waals surface area contributed by atoms with Crippen LogP contribution in [0.1, 0.15) is 28.1 Å². The maximum Gasteiger partial charge on any atom is 0.251 e. The predicted molar refractivity (Wildman–Crippen MR) is 91.7 cm³/mol. The Labute approximate surface area is 139 Å². The van der Waals surface area contributed by atoms with E-state index in [0.717, 1.165) is 6.42 Å². The van der Waals surface area contributed by atoms with E-state index >= 15 is 0 Å². The van der Waals surface area contributed by atoms with Crippen molar-refractivity contribution in [2.24, 2.45) is 0 Å². The van der Waals surface area contributed by atoms with Gasteiger partial charge in [-0.05, 0) is 48.6 Å². The van der Waals surface area contributed by atoms with Gasteiger partial charge < -0.3 is 15.7 Å². The van der Waals surface area contributed by atoms with Crippen molar-refractivity contribution in [1.29, 1.82) is 0 Å². The summed E-state index contributed by atoms with van der Waals surface area (Å²) in [6, 6.07) is 10.8. The fourth-order valence-corrected chi connectivity index (χ4v) is 2.71. The zero-order chi connectivity index (χ0) is 16.5. The van der Waals surface area contributed by atoms with E-state index < -0.39 is 0 Å². The lowest BCUT2D eigenvalue weighted by atomic mass is 10.2. The average Bonchev–Trinajstić information content (AvgIpc) is 3.07. The highest BCUT2D eigenvalue weighted by Gasteiger charge is 2.07. The number of thiophene rings is 1. The molecule has 3 N–H and O–H groups in total. The third kappa shape index (κ3) is 5.84. The summed E-state index contributed by atoms with van der Waals surface area (Å²) < 4.78 is 0. The number of anilines is 1. The van der Waals surface area contributed by atoms with E-state index in [4.69, 9.17) is 5.11 Å². The molecule has 2 amide bonds. The summed E-state index contributed by atoms with van der Waals surface area (Å²) in [4.78, 5) is 24.9. The number of carbonyl (C=O) groups excluding carboxylic acids is 2. The number of aliphatic hydroxyl groups is 1. The Hall–Kier alpha value is -2.18. The molecule has 0 saturated carbocycles. The lowest BCUT2D eigenvalue weighted by Gasteiger charge is -2.07. The highest BCUT2D eigenvalue weighted by atomic mass is 32.1. The molecule has 1 aromatic carbocycles. The number of amides is 2. The monoisotopic (exact) mass is 332 g/mol. The second kappa shape index (κ2) is 9.07. The van der Waals surface area contributed by atoms with E-state index in [1.165, 1.54) is 4.88 Å². The van der Waals surface area contributed by atoms with Crippen molar-refractivity contribution in [2.75, 3.05) is 18.5 Å². The molecule has 23 heavy (non-hydrogen) atoms. The van der Waals surface area contributed by atoms with Gasteiger partial charge in [0.1, 0.15) is 0 Å². The molecule has 0 aliphatic heterocycles. The molecule has 0 fully saturated rings. The molecule has 0 saturated heterocycles. The number of benzene rings is 1. The van der Waals surface area contributed by atoms with E-state index in [9.17, 15) is 9.59 Å². The van der Waals surface area contributed by atoms with Gasteiger partial charge in [-0.15, -0.1) is 11.3 Å². The number of aliphatic hydroxyl groups excluding tert-OH is 1. The summed E-state index contributed by atoms with van der Waals surface area (Å²) in [7, 11) is 0. The molecule has 1 heterocycles. The first kappa shape index (κ1) is 17.2. The second-order valence-corrected chi connectivity index (χ2v) is 6.07. The first-order valence-electron chi connectivity index (χ1n) is 7.50. The van der Waals surface area contributed by atoms with Crippen LogP contribution in [-0.2, 0) is 11.2 Å².